The summed E-state index contributed by atoms with van der Waals surface area (Å²) in [6.45, 7) is 16.9. The van der Waals surface area contributed by atoms with Gasteiger partial charge in [0.25, 0.3) is 0 Å². The fourth-order valence-corrected chi connectivity index (χ4v) is 10.6. The minimum atomic E-state index is -0.877. The van der Waals surface area contributed by atoms with E-state index in [1.54, 1.807) is 9.80 Å². The van der Waals surface area contributed by atoms with Gasteiger partial charge in [0.05, 0.1) is 37.7 Å². The molecule has 3 aliphatic rings. The van der Waals surface area contributed by atoms with Crippen molar-refractivity contribution in [1.29, 1.82) is 0 Å². The average Bonchev–Trinajstić information content (AvgIpc) is 4.16. The lowest BCUT2D eigenvalue weighted by molar-refractivity contribution is -0.140. The first-order chi connectivity index (χ1) is 31.3. The Morgan fingerprint density at radius 1 is 0.727 bits per heavy atom. The predicted octanol–water partition coefficient (Wildman–Crippen LogP) is 7.77. The van der Waals surface area contributed by atoms with Gasteiger partial charge in [-0.3, -0.25) is 19.2 Å². The predicted molar refractivity (Wildman–Crippen MR) is 255 cm³/mol. The second-order valence-corrected chi connectivity index (χ2v) is 21.0. The van der Waals surface area contributed by atoms with Crippen molar-refractivity contribution < 1.29 is 38.2 Å². The number of benzene rings is 1. The van der Waals surface area contributed by atoms with Gasteiger partial charge in [-0.15, -0.1) is 22.7 Å². The van der Waals surface area contributed by atoms with E-state index in [1.807, 2.05) is 45.4 Å². The number of ether oxygens (including phenoxy) is 2. The first-order valence-corrected chi connectivity index (χ1v) is 24.8. The zero-order valence-electron chi connectivity index (χ0n) is 39.9. The maximum absolute atomic E-state index is 14.0. The van der Waals surface area contributed by atoms with E-state index >= 15 is 0 Å². The van der Waals surface area contributed by atoms with Gasteiger partial charge in [-0.2, -0.15) is 0 Å². The Kier molecular flexibility index (Phi) is 16.0. The largest absolute Gasteiger partial charge is 0.453 e. The molecular weight excluding hydrogens is 883 g/mol. The van der Waals surface area contributed by atoms with Crippen LogP contribution in [0.2, 0.25) is 0 Å². The first kappa shape index (κ1) is 50.1. The fraction of sp³-hybridized carbons (Fsp3) is 0.617. The van der Waals surface area contributed by atoms with Crippen molar-refractivity contribution in [2.75, 3.05) is 42.8 Å². The minimum absolute atomic E-state index is 0.0522. The summed E-state index contributed by atoms with van der Waals surface area (Å²) in [5, 5.41) is 16.2. The molecule has 2 aromatic heterocycles. The topological polar surface area (TPSA) is 204 Å². The number of carbonyl (C=O) groups is 6. The molecule has 0 radical (unpaired) electrons. The van der Waals surface area contributed by atoms with Crippen LogP contribution in [0.15, 0.2) is 35.0 Å². The highest BCUT2D eigenvalue weighted by Gasteiger charge is 2.44. The molecule has 0 saturated carbocycles. The number of aromatic nitrogens is 2. The van der Waals surface area contributed by atoms with Crippen LogP contribution in [0.1, 0.15) is 136 Å². The number of nitrogens with one attached hydrogen (secondary N) is 4. The number of anilines is 3. The van der Waals surface area contributed by atoms with E-state index < -0.39 is 41.8 Å². The number of methoxy groups -OCH3 is 2. The fourth-order valence-electron chi connectivity index (χ4n) is 9.05. The lowest BCUT2D eigenvalue weighted by Gasteiger charge is -2.36. The summed E-state index contributed by atoms with van der Waals surface area (Å²) in [6, 6.07) is 5.05. The first-order valence-electron chi connectivity index (χ1n) is 23.0. The molecule has 5 heterocycles. The van der Waals surface area contributed by atoms with E-state index in [4.69, 9.17) is 19.4 Å². The van der Waals surface area contributed by atoms with E-state index in [9.17, 15) is 28.8 Å². The maximum atomic E-state index is 14.0. The number of likely N-dealkylation sites (tertiary alicyclic amines) is 2. The number of rotatable bonds is 15. The van der Waals surface area contributed by atoms with Crippen LogP contribution >= 0.6 is 22.7 Å². The highest BCUT2D eigenvalue weighted by atomic mass is 32.1. The number of hydrogen-bond acceptors (Lipinski definition) is 13. The van der Waals surface area contributed by atoms with Gasteiger partial charge in [0, 0.05) is 29.5 Å². The Morgan fingerprint density at radius 2 is 1.21 bits per heavy atom. The Morgan fingerprint density at radius 3 is 1.67 bits per heavy atom. The highest BCUT2D eigenvalue weighted by molar-refractivity contribution is 7.14. The van der Waals surface area contributed by atoms with E-state index in [0.717, 1.165) is 29.9 Å². The second kappa shape index (κ2) is 21.1. The van der Waals surface area contributed by atoms with Crippen LogP contribution < -0.4 is 26.2 Å². The van der Waals surface area contributed by atoms with Gasteiger partial charge in [-0.05, 0) is 79.4 Å². The molecule has 3 saturated heterocycles. The molecule has 0 spiro atoms. The smallest absolute Gasteiger partial charge is 0.407 e. The van der Waals surface area contributed by atoms with Crippen molar-refractivity contribution >= 4 is 74.4 Å². The molecule has 0 unspecified atom stereocenters. The summed E-state index contributed by atoms with van der Waals surface area (Å²) in [6.07, 6.45) is 3.61. The molecule has 7 atom stereocenters. The molecule has 360 valence electrons. The van der Waals surface area contributed by atoms with Gasteiger partial charge in [-0.1, -0.05) is 73.9 Å². The molecule has 6 rings (SSSR count). The zero-order chi connectivity index (χ0) is 48.1. The number of amides is 6. The average molecular weight is 950 g/mol. The third kappa shape index (κ3) is 11.1. The van der Waals surface area contributed by atoms with Crippen LogP contribution in [0, 0.1) is 11.3 Å². The second-order valence-electron chi connectivity index (χ2n) is 19.2. The number of hydrogen-bond donors (Lipinski definition) is 4. The van der Waals surface area contributed by atoms with Gasteiger partial charge < -0.3 is 45.4 Å². The van der Waals surface area contributed by atoms with E-state index in [2.05, 4.69) is 71.2 Å². The molecule has 6 amide bonds. The van der Waals surface area contributed by atoms with Crippen molar-refractivity contribution in [1.82, 2.24) is 30.4 Å². The van der Waals surface area contributed by atoms with Gasteiger partial charge in [-0.25, -0.2) is 19.6 Å². The number of nitrogens with zero attached hydrogens (tertiary/aromatic N) is 5. The van der Waals surface area contributed by atoms with Crippen LogP contribution in [0.5, 0.6) is 0 Å². The number of thiazole rings is 2. The van der Waals surface area contributed by atoms with E-state index in [0.29, 0.717) is 61.9 Å². The zero-order valence-corrected chi connectivity index (χ0v) is 41.5. The van der Waals surface area contributed by atoms with Gasteiger partial charge in [0.1, 0.15) is 24.2 Å². The monoisotopic (exact) mass is 949 g/mol. The Labute approximate surface area is 396 Å². The van der Waals surface area contributed by atoms with Gasteiger partial charge >= 0.3 is 12.2 Å². The van der Waals surface area contributed by atoms with Crippen LogP contribution in [0.4, 0.5) is 25.5 Å². The van der Waals surface area contributed by atoms with Crippen molar-refractivity contribution in [3.8, 4) is 0 Å². The molecule has 66 heavy (non-hydrogen) atoms. The van der Waals surface area contributed by atoms with Crippen molar-refractivity contribution in [2.24, 2.45) is 11.3 Å². The third-order valence-corrected chi connectivity index (χ3v) is 15.2. The molecule has 19 heteroatoms. The van der Waals surface area contributed by atoms with E-state index in [1.165, 1.54) is 42.5 Å². The van der Waals surface area contributed by atoms with Crippen molar-refractivity contribution in [3.05, 3.63) is 52.0 Å². The third-order valence-electron chi connectivity index (χ3n) is 13.6. The summed E-state index contributed by atoms with van der Waals surface area (Å²) in [7, 11) is 2.51. The molecule has 3 aliphatic heterocycles. The molecule has 0 aliphatic carbocycles. The standard InChI is InChI=1S/C47H67N9O8S2/c1-11-27(3)36(50-44(61)63-9)40(59)54-23-13-15-34(54)38(57)52-42-48-30(25-65-42)32-21-22-33(56(32)29-19-17-28(18-20-29)46(4,5)6)31-26-66-43(49-31)53-39(58)35-16-14-24-55(35)41(60)37(47(7,8)12-2)51-45(62)64-10/h17-20,25-27,32-37H,11-16,21-24H2,1-10H3,(H,50,61)(H,51,62)(H,48,52,57)(H,49,53,58)/t27-,32-,33-,34-,35-,36-,37+/m0/s1. The lowest BCUT2D eigenvalue weighted by atomic mass is 9.81. The lowest BCUT2D eigenvalue weighted by Crippen LogP contribution is -2.57. The summed E-state index contributed by atoms with van der Waals surface area (Å²) < 4.78 is 9.62. The van der Waals surface area contributed by atoms with Crippen LogP contribution in [0.3, 0.4) is 0 Å². The Hall–Kier alpha value is -5.30. The maximum Gasteiger partial charge on any atom is 0.407 e. The van der Waals surface area contributed by atoms with Gasteiger partial charge in [0.2, 0.25) is 23.6 Å². The molecule has 1 aromatic carbocycles. The summed E-state index contributed by atoms with van der Waals surface area (Å²) >= 11 is 2.66. The van der Waals surface area contributed by atoms with Crippen molar-refractivity contribution in [3.63, 3.8) is 0 Å². The van der Waals surface area contributed by atoms with Crippen LogP contribution in [-0.2, 0) is 34.1 Å². The molecule has 0 bridgehead atoms. The Bertz CT molecular complexity index is 2220. The molecule has 3 fully saturated rings. The highest BCUT2D eigenvalue weighted by Crippen LogP contribution is 2.48. The van der Waals surface area contributed by atoms with Crippen LogP contribution in [0.25, 0.3) is 0 Å². The number of carbonyl (C=O) groups excluding carboxylic acids is 6. The minimum Gasteiger partial charge on any atom is -0.453 e. The quantitative estimate of drug-likeness (QED) is 0.116. The molecule has 3 aromatic rings. The summed E-state index contributed by atoms with van der Waals surface area (Å²) in [5.74, 6) is -1.47. The summed E-state index contributed by atoms with van der Waals surface area (Å²) in [5.41, 5.74) is 3.11. The SMILES string of the molecule is CC[C@H](C)[C@H](NC(=O)OC)C(=O)N1CCC[C@H]1C(=O)Nc1nc([C@@H]2CC[C@@H](c3csc(NC(=O)[C@@H]4CCCN4C(=O)[C@@H](NC(=O)OC)C(C)(C)CC)n3)N2c2ccc(C(C)(C)C)cc2)cs1. The van der Waals surface area contributed by atoms with Gasteiger partial charge in [0.15, 0.2) is 10.3 Å². The number of alkyl carbamates (subject to hydrolysis) is 2. The normalized spacial score (nSPS) is 21.2. The summed E-state index contributed by atoms with van der Waals surface area (Å²) in [4.78, 5) is 95.3. The molecular formula is C47H67N9O8S2. The van der Waals surface area contributed by atoms with Crippen molar-refractivity contribution in [2.45, 2.75) is 148 Å². The van der Waals surface area contributed by atoms with Crippen LogP contribution in [-0.4, -0.2) is 107 Å². The Balaban J connectivity index is 1.20. The molecule has 17 nitrogen and oxygen atoms in total. The molecule has 4 N–H and O–H groups in total. The van der Waals surface area contributed by atoms with E-state index in [-0.39, 0.29) is 47.0 Å².